The molecule has 20 heavy (non-hydrogen) atoms. The average Bonchev–Trinajstić information content (AvgIpc) is 3.24. The van der Waals surface area contributed by atoms with E-state index in [0.717, 1.165) is 0 Å². The lowest BCUT2D eigenvalue weighted by atomic mass is 10.2. The molecule has 0 aliphatic heterocycles. The Hall–Kier alpha value is -0.970. The number of benzene rings is 1. The standard InChI is InChI=1S/C14H19Cl2N3O/c1-8(19(2)10-3-4-10)7-18-14(20)9-5-11(15)13(16)12(17)6-9/h5-6,8,10H,3-4,7,17H2,1-2H3,(H,18,20). The third-order valence-electron chi connectivity index (χ3n) is 3.69. The number of hydrogen-bond donors (Lipinski definition) is 2. The number of carbonyl (C=O) groups excluding carboxylic acids is 1. The largest absolute Gasteiger partial charge is 0.397 e. The smallest absolute Gasteiger partial charge is 0.251 e. The maximum atomic E-state index is 12.1. The van der Waals surface area contributed by atoms with Crippen molar-refractivity contribution in [2.45, 2.75) is 31.8 Å². The number of halogens is 2. The van der Waals surface area contributed by atoms with E-state index in [1.165, 1.54) is 18.9 Å². The van der Waals surface area contributed by atoms with E-state index in [2.05, 4.69) is 24.2 Å². The number of anilines is 1. The van der Waals surface area contributed by atoms with Gasteiger partial charge in [-0.25, -0.2) is 0 Å². The highest BCUT2D eigenvalue weighted by molar-refractivity contribution is 6.43. The van der Waals surface area contributed by atoms with Crippen LogP contribution in [0.3, 0.4) is 0 Å². The molecule has 1 aromatic rings. The fraction of sp³-hybridized carbons (Fsp3) is 0.500. The van der Waals surface area contributed by atoms with Crippen LogP contribution in [-0.4, -0.2) is 36.5 Å². The number of rotatable bonds is 5. The van der Waals surface area contributed by atoms with Gasteiger partial charge in [0.1, 0.15) is 0 Å². The van der Waals surface area contributed by atoms with E-state index >= 15 is 0 Å². The number of amides is 1. The normalized spacial score (nSPS) is 16.2. The second-order valence-corrected chi connectivity index (χ2v) is 6.10. The number of nitrogens with two attached hydrogens (primary N) is 1. The van der Waals surface area contributed by atoms with Crippen LogP contribution in [0.2, 0.25) is 10.0 Å². The van der Waals surface area contributed by atoms with Crippen molar-refractivity contribution in [2.75, 3.05) is 19.3 Å². The van der Waals surface area contributed by atoms with E-state index in [1.54, 1.807) is 6.07 Å². The highest BCUT2D eigenvalue weighted by Gasteiger charge is 2.29. The summed E-state index contributed by atoms with van der Waals surface area (Å²) in [6.45, 7) is 2.69. The molecule has 1 saturated carbocycles. The SMILES string of the molecule is CC(CNC(=O)c1cc(N)c(Cl)c(Cl)c1)N(C)C1CC1. The molecule has 0 bridgehead atoms. The Morgan fingerprint density at radius 3 is 2.70 bits per heavy atom. The summed E-state index contributed by atoms with van der Waals surface area (Å²) in [5.41, 5.74) is 6.45. The number of nitrogens with zero attached hydrogens (tertiary/aromatic N) is 1. The highest BCUT2D eigenvalue weighted by Crippen LogP contribution is 2.29. The summed E-state index contributed by atoms with van der Waals surface area (Å²) in [7, 11) is 2.09. The lowest BCUT2D eigenvalue weighted by Crippen LogP contribution is -2.41. The van der Waals surface area contributed by atoms with Gasteiger partial charge in [-0.1, -0.05) is 23.2 Å². The molecule has 1 unspecified atom stereocenters. The first-order valence-corrected chi connectivity index (χ1v) is 7.40. The molecule has 0 saturated heterocycles. The van der Waals surface area contributed by atoms with Crippen LogP contribution in [0.4, 0.5) is 5.69 Å². The second-order valence-electron chi connectivity index (χ2n) is 5.32. The highest BCUT2D eigenvalue weighted by atomic mass is 35.5. The van der Waals surface area contributed by atoms with Crippen molar-refractivity contribution in [2.24, 2.45) is 0 Å². The Bertz CT molecular complexity index is 494. The zero-order valence-corrected chi connectivity index (χ0v) is 13.1. The minimum Gasteiger partial charge on any atom is -0.397 e. The van der Waals surface area contributed by atoms with Crippen molar-refractivity contribution in [3.05, 3.63) is 27.7 Å². The molecule has 1 aromatic carbocycles. The van der Waals surface area contributed by atoms with Gasteiger partial charge in [-0.15, -0.1) is 0 Å². The lowest BCUT2D eigenvalue weighted by Gasteiger charge is -2.24. The first-order valence-electron chi connectivity index (χ1n) is 6.64. The minimum atomic E-state index is -0.189. The van der Waals surface area contributed by atoms with Gasteiger partial charge in [0.05, 0.1) is 15.7 Å². The molecular weight excluding hydrogens is 297 g/mol. The molecule has 1 fully saturated rings. The molecule has 1 aliphatic rings. The molecule has 0 radical (unpaired) electrons. The molecule has 0 aromatic heterocycles. The minimum absolute atomic E-state index is 0.189. The molecule has 1 amide bonds. The fourth-order valence-corrected chi connectivity index (χ4v) is 2.41. The topological polar surface area (TPSA) is 58.4 Å². The monoisotopic (exact) mass is 315 g/mol. The van der Waals surface area contributed by atoms with Gasteiger partial charge in [0.25, 0.3) is 5.91 Å². The van der Waals surface area contributed by atoms with Gasteiger partial charge in [0, 0.05) is 24.2 Å². The molecule has 6 heteroatoms. The Morgan fingerprint density at radius 2 is 2.15 bits per heavy atom. The van der Waals surface area contributed by atoms with Gasteiger partial charge < -0.3 is 11.1 Å². The average molecular weight is 316 g/mol. The van der Waals surface area contributed by atoms with E-state index in [0.29, 0.717) is 34.9 Å². The fourth-order valence-electron chi connectivity index (χ4n) is 2.07. The number of nitrogens with one attached hydrogen (secondary N) is 1. The number of hydrogen-bond acceptors (Lipinski definition) is 3. The van der Waals surface area contributed by atoms with Crippen LogP contribution in [-0.2, 0) is 0 Å². The summed E-state index contributed by atoms with van der Waals surface area (Å²) >= 11 is 11.8. The van der Waals surface area contributed by atoms with Crippen LogP contribution in [0.15, 0.2) is 12.1 Å². The zero-order chi connectivity index (χ0) is 14.9. The van der Waals surface area contributed by atoms with Crippen LogP contribution in [0.1, 0.15) is 30.1 Å². The molecular formula is C14H19Cl2N3O. The van der Waals surface area contributed by atoms with E-state index in [-0.39, 0.29) is 10.9 Å². The third kappa shape index (κ3) is 3.57. The van der Waals surface area contributed by atoms with Crippen LogP contribution in [0.25, 0.3) is 0 Å². The van der Waals surface area contributed by atoms with Gasteiger partial charge in [0.2, 0.25) is 0 Å². The first-order chi connectivity index (χ1) is 9.40. The van der Waals surface area contributed by atoms with Gasteiger partial charge in [-0.3, -0.25) is 9.69 Å². The summed E-state index contributed by atoms with van der Waals surface area (Å²) in [5.74, 6) is -0.189. The summed E-state index contributed by atoms with van der Waals surface area (Å²) in [4.78, 5) is 14.4. The third-order valence-corrected chi connectivity index (χ3v) is 4.51. The van der Waals surface area contributed by atoms with Crippen molar-refractivity contribution in [3.63, 3.8) is 0 Å². The maximum Gasteiger partial charge on any atom is 0.251 e. The lowest BCUT2D eigenvalue weighted by molar-refractivity contribution is 0.0939. The Kier molecular flexibility index (Phi) is 4.78. The van der Waals surface area contributed by atoms with Crippen molar-refractivity contribution in [1.29, 1.82) is 0 Å². The van der Waals surface area contributed by atoms with Crippen molar-refractivity contribution in [1.82, 2.24) is 10.2 Å². The van der Waals surface area contributed by atoms with Crippen molar-refractivity contribution in [3.8, 4) is 0 Å². The van der Waals surface area contributed by atoms with Gasteiger partial charge >= 0.3 is 0 Å². The Balaban J connectivity index is 1.94. The summed E-state index contributed by atoms with van der Waals surface area (Å²) < 4.78 is 0. The van der Waals surface area contributed by atoms with Gasteiger partial charge in [-0.05, 0) is 38.9 Å². The van der Waals surface area contributed by atoms with E-state index in [4.69, 9.17) is 28.9 Å². The number of likely N-dealkylation sites (N-methyl/N-ethyl adjacent to an activating group) is 1. The zero-order valence-electron chi connectivity index (χ0n) is 11.6. The summed E-state index contributed by atoms with van der Waals surface area (Å²) in [5, 5.41) is 3.47. The number of nitrogen functional groups attached to an aromatic ring is 1. The summed E-state index contributed by atoms with van der Waals surface area (Å²) in [6.07, 6.45) is 2.50. The first kappa shape index (κ1) is 15.4. The molecule has 1 atom stereocenters. The maximum absolute atomic E-state index is 12.1. The molecule has 4 nitrogen and oxygen atoms in total. The van der Waals surface area contributed by atoms with Gasteiger partial charge in [-0.2, -0.15) is 0 Å². The van der Waals surface area contributed by atoms with E-state index in [9.17, 15) is 4.79 Å². The molecule has 0 spiro atoms. The van der Waals surface area contributed by atoms with Crippen molar-refractivity contribution >= 4 is 34.8 Å². The molecule has 0 heterocycles. The molecule has 2 rings (SSSR count). The molecule has 3 N–H and O–H groups in total. The quantitative estimate of drug-likeness (QED) is 0.821. The molecule has 1 aliphatic carbocycles. The van der Waals surface area contributed by atoms with Crippen LogP contribution < -0.4 is 11.1 Å². The van der Waals surface area contributed by atoms with Crippen molar-refractivity contribution < 1.29 is 4.79 Å². The summed E-state index contributed by atoms with van der Waals surface area (Å²) in [6, 6.07) is 4.04. The van der Waals surface area contributed by atoms with Crippen LogP contribution in [0.5, 0.6) is 0 Å². The Morgan fingerprint density at radius 1 is 1.50 bits per heavy atom. The predicted octanol–water partition coefficient (Wildman–Crippen LogP) is 2.79. The van der Waals surface area contributed by atoms with Crippen LogP contribution >= 0.6 is 23.2 Å². The van der Waals surface area contributed by atoms with E-state index in [1.807, 2.05) is 0 Å². The van der Waals surface area contributed by atoms with Crippen LogP contribution in [0, 0.1) is 0 Å². The predicted molar refractivity (Wildman–Crippen MR) is 83.5 cm³/mol. The van der Waals surface area contributed by atoms with E-state index < -0.39 is 0 Å². The second kappa shape index (κ2) is 6.20. The van der Waals surface area contributed by atoms with Gasteiger partial charge in [0.15, 0.2) is 0 Å². The number of carbonyl (C=O) groups is 1. The molecule has 110 valence electrons. The Labute approximate surface area is 129 Å².